The van der Waals surface area contributed by atoms with Crippen molar-refractivity contribution in [2.75, 3.05) is 51.7 Å². The molecule has 0 radical (unpaired) electrons. The molecular weight excluding hydrogens is 713 g/mol. The van der Waals surface area contributed by atoms with Crippen LogP contribution in [-0.4, -0.2) is 83.4 Å². The number of carbonyl (C=O) groups is 2. The second-order valence-corrected chi connectivity index (χ2v) is 22.4. The van der Waals surface area contributed by atoms with E-state index in [2.05, 4.69) is 37.8 Å². The lowest BCUT2D eigenvalue weighted by Crippen LogP contribution is -2.48. The van der Waals surface area contributed by atoms with Crippen molar-refractivity contribution in [3.05, 3.63) is 89.0 Å². The molecule has 1 saturated heterocycles. The van der Waals surface area contributed by atoms with Crippen LogP contribution in [0.15, 0.2) is 66.7 Å². The maximum atomic E-state index is 13.4. The van der Waals surface area contributed by atoms with Crippen LogP contribution in [0.2, 0.25) is 25.7 Å². The van der Waals surface area contributed by atoms with Gasteiger partial charge in [-0.2, -0.15) is 0 Å². The summed E-state index contributed by atoms with van der Waals surface area (Å²) in [4.78, 5) is 30.3. The number of hydrogen-bond acceptors (Lipinski definition) is 8. The summed E-state index contributed by atoms with van der Waals surface area (Å²) in [7, 11) is 0.393. The van der Waals surface area contributed by atoms with Crippen molar-refractivity contribution in [1.29, 1.82) is 0 Å². The summed E-state index contributed by atoms with van der Waals surface area (Å²) < 4.78 is 36.0. The number of nitrogens with zero attached hydrogens (tertiary/aromatic N) is 2. The quantitative estimate of drug-likeness (QED) is 0.0992. The minimum atomic E-state index is -1.27. The average Bonchev–Trinajstić information content (AvgIpc) is 3.31. The molecule has 1 fully saturated rings. The number of benzene rings is 3. The van der Waals surface area contributed by atoms with E-state index < -0.39 is 13.7 Å². The summed E-state index contributed by atoms with van der Waals surface area (Å²) in [6, 6.07) is 23.3. The Morgan fingerprint density at radius 3 is 2.38 bits per heavy atom. The molecule has 5 rings (SSSR count). The van der Waals surface area contributed by atoms with Gasteiger partial charge in [-0.1, -0.05) is 68.2 Å². The van der Waals surface area contributed by atoms with Crippen molar-refractivity contribution >= 4 is 25.8 Å². The van der Waals surface area contributed by atoms with E-state index in [1.807, 2.05) is 74.2 Å². The number of ether oxygens (including phenoxy) is 6. The van der Waals surface area contributed by atoms with Crippen molar-refractivity contribution in [3.63, 3.8) is 0 Å². The van der Waals surface area contributed by atoms with Gasteiger partial charge in [-0.05, 0) is 75.4 Å². The van der Waals surface area contributed by atoms with Gasteiger partial charge in [0.05, 0.1) is 51.9 Å². The fraction of sp³-hybridized carbons (Fsp3) is 0.545. The maximum absolute atomic E-state index is 13.4. The molecule has 11 heteroatoms. The van der Waals surface area contributed by atoms with Crippen LogP contribution in [0.5, 0.6) is 11.5 Å². The smallest absolute Gasteiger partial charge is 0.410 e. The number of rotatable bonds is 17. The largest absolute Gasteiger partial charge is 0.496 e. The highest BCUT2D eigenvalue weighted by atomic mass is 28.3. The molecular formula is C44H62N2O8Si. The first kappa shape index (κ1) is 42.2. The number of methoxy groups -OCH3 is 1. The Labute approximate surface area is 329 Å². The van der Waals surface area contributed by atoms with Crippen molar-refractivity contribution in [2.45, 2.75) is 109 Å². The van der Waals surface area contributed by atoms with Crippen LogP contribution in [0.1, 0.15) is 74.6 Å². The lowest BCUT2D eigenvalue weighted by atomic mass is 9.87. The maximum Gasteiger partial charge on any atom is 0.410 e. The predicted molar refractivity (Wildman–Crippen MR) is 219 cm³/mol. The Morgan fingerprint density at radius 2 is 1.64 bits per heavy atom. The molecule has 0 aromatic heterocycles. The Bertz CT molecular complexity index is 1690. The van der Waals surface area contributed by atoms with E-state index in [9.17, 15) is 9.59 Å². The van der Waals surface area contributed by atoms with Gasteiger partial charge < -0.3 is 33.3 Å². The van der Waals surface area contributed by atoms with Crippen LogP contribution in [-0.2, 0) is 43.4 Å². The lowest BCUT2D eigenvalue weighted by Gasteiger charge is -2.39. The first-order valence-electron chi connectivity index (χ1n) is 19.8. The lowest BCUT2D eigenvalue weighted by molar-refractivity contribution is -0.119. The number of amides is 2. The van der Waals surface area contributed by atoms with Gasteiger partial charge in [0.2, 0.25) is 5.91 Å². The topological polar surface area (TPSA) is 96.0 Å². The fourth-order valence-corrected chi connectivity index (χ4v) is 7.75. The highest BCUT2D eigenvalue weighted by Crippen LogP contribution is 2.36. The number of carbonyl (C=O) groups excluding carboxylic acids is 2. The van der Waals surface area contributed by atoms with E-state index in [1.54, 1.807) is 12.0 Å². The van der Waals surface area contributed by atoms with Crippen LogP contribution < -0.4 is 14.4 Å². The number of aryl methyl sites for hydroxylation is 1. The van der Waals surface area contributed by atoms with Gasteiger partial charge in [0.25, 0.3) is 0 Å². The average molecular weight is 775 g/mol. The van der Waals surface area contributed by atoms with Crippen molar-refractivity contribution < 1.29 is 38.0 Å². The highest BCUT2D eigenvalue weighted by Gasteiger charge is 2.36. The number of fused-ring (bicyclic) bond motifs is 1. The van der Waals surface area contributed by atoms with Gasteiger partial charge in [-0.15, -0.1) is 0 Å². The van der Waals surface area contributed by atoms with Crippen molar-refractivity contribution in [3.8, 4) is 11.5 Å². The second-order valence-electron chi connectivity index (χ2n) is 16.8. The molecule has 0 bridgehead atoms. The van der Waals surface area contributed by atoms with E-state index in [-0.39, 0.29) is 30.8 Å². The molecule has 2 unspecified atom stereocenters. The summed E-state index contributed by atoms with van der Waals surface area (Å²) >= 11 is 0. The van der Waals surface area contributed by atoms with E-state index in [1.165, 1.54) is 0 Å². The summed E-state index contributed by atoms with van der Waals surface area (Å²) in [5.41, 5.74) is 4.53. The summed E-state index contributed by atoms with van der Waals surface area (Å²) in [5.74, 6) is 1.74. The van der Waals surface area contributed by atoms with Gasteiger partial charge in [-0.3, -0.25) is 9.69 Å². The minimum Gasteiger partial charge on any atom is -0.496 e. The van der Waals surface area contributed by atoms with Crippen molar-refractivity contribution in [1.82, 2.24) is 4.90 Å². The number of likely N-dealkylation sites (tertiary alicyclic amines) is 1. The molecule has 0 spiro atoms. The minimum absolute atomic E-state index is 0.0427. The Balaban J connectivity index is 1.25. The van der Waals surface area contributed by atoms with Crippen LogP contribution >= 0.6 is 0 Å². The van der Waals surface area contributed by atoms with Crippen molar-refractivity contribution in [2.24, 2.45) is 0 Å². The van der Waals surface area contributed by atoms with Crippen LogP contribution in [0.4, 0.5) is 10.5 Å². The van der Waals surface area contributed by atoms with E-state index in [0.29, 0.717) is 52.5 Å². The second kappa shape index (κ2) is 19.8. The van der Waals surface area contributed by atoms with Crippen LogP contribution in [0, 0.1) is 0 Å². The zero-order valence-electron chi connectivity index (χ0n) is 34.1. The van der Waals surface area contributed by atoms with E-state index >= 15 is 0 Å². The number of anilines is 1. The van der Waals surface area contributed by atoms with Gasteiger partial charge in [0.15, 0.2) is 0 Å². The molecule has 2 aliphatic heterocycles. The standard InChI is InChI=1S/C44H62N2O8Si/c1-44(2,3)54-43(48)45-24-23-38(33-19-21-37(22-20-33)52-26-12-25-50-30-35-13-8-9-17-39(35)49-4)40(29-45)53-31-36-16-10-14-34-15-11-18-41(47)46(42(34)36)32-51-27-28-55(5,6)7/h8-10,13-14,16-17,19-22,38,40H,11-12,15,18,23-32H2,1-7H3. The highest BCUT2D eigenvalue weighted by molar-refractivity contribution is 6.76. The van der Waals surface area contributed by atoms with E-state index in [0.717, 1.165) is 71.2 Å². The van der Waals surface area contributed by atoms with Gasteiger partial charge >= 0.3 is 6.09 Å². The number of hydrogen-bond donors (Lipinski definition) is 0. The normalized spacial score (nSPS) is 17.8. The molecule has 0 aliphatic carbocycles. The fourth-order valence-electron chi connectivity index (χ4n) is 6.99. The molecule has 10 nitrogen and oxygen atoms in total. The van der Waals surface area contributed by atoms with Crippen LogP contribution in [0.25, 0.3) is 0 Å². The van der Waals surface area contributed by atoms with E-state index in [4.69, 9.17) is 28.4 Å². The molecule has 2 atom stereocenters. The summed E-state index contributed by atoms with van der Waals surface area (Å²) in [6.45, 7) is 16.4. The zero-order valence-corrected chi connectivity index (χ0v) is 35.1. The SMILES string of the molecule is COc1ccccc1COCCCOc1ccc(C2CCN(C(=O)OC(C)(C)C)CC2OCc2cccc3c2N(COCC[Si](C)(C)C)C(=O)CCC3)cc1. The third-order valence-corrected chi connectivity index (χ3v) is 11.7. The Kier molecular flexibility index (Phi) is 15.2. The molecule has 3 aromatic carbocycles. The summed E-state index contributed by atoms with van der Waals surface area (Å²) in [6.07, 6.45) is 2.95. The molecule has 2 heterocycles. The Hall–Kier alpha value is -3.90. The van der Waals surface area contributed by atoms with Gasteiger partial charge in [0.1, 0.15) is 23.8 Å². The molecule has 0 saturated carbocycles. The number of para-hydroxylation sites is 2. The molecule has 2 aliphatic rings. The third-order valence-electron chi connectivity index (χ3n) is 9.95. The first-order chi connectivity index (χ1) is 26.3. The molecule has 0 N–H and O–H groups in total. The van der Waals surface area contributed by atoms with Gasteiger partial charge in [0, 0.05) is 51.1 Å². The van der Waals surface area contributed by atoms with Crippen LogP contribution in [0.3, 0.4) is 0 Å². The third kappa shape index (κ3) is 12.8. The monoisotopic (exact) mass is 774 g/mol. The number of piperidine rings is 1. The zero-order chi connectivity index (χ0) is 39.4. The Morgan fingerprint density at radius 1 is 0.873 bits per heavy atom. The molecule has 2 amide bonds. The molecule has 55 heavy (non-hydrogen) atoms. The predicted octanol–water partition coefficient (Wildman–Crippen LogP) is 8.97. The summed E-state index contributed by atoms with van der Waals surface area (Å²) in [5, 5.41) is 0. The first-order valence-corrected chi connectivity index (χ1v) is 23.5. The molecule has 3 aromatic rings. The molecule has 300 valence electrons. The van der Waals surface area contributed by atoms with Gasteiger partial charge in [-0.25, -0.2) is 4.79 Å².